The van der Waals surface area contributed by atoms with Crippen LogP contribution < -0.4 is 15.1 Å². The highest BCUT2D eigenvalue weighted by Gasteiger charge is 2.32. The zero-order valence-electron chi connectivity index (χ0n) is 15.6. The lowest BCUT2D eigenvalue weighted by molar-refractivity contribution is -0.129. The Labute approximate surface area is 157 Å². The Morgan fingerprint density at radius 3 is 2.52 bits per heavy atom. The lowest BCUT2D eigenvalue weighted by Gasteiger charge is -2.31. The van der Waals surface area contributed by atoms with Crippen LogP contribution in [0.5, 0.6) is 0 Å². The molecular formula is C19H23N5O3. The molecule has 27 heavy (non-hydrogen) atoms. The van der Waals surface area contributed by atoms with E-state index in [4.69, 9.17) is 0 Å². The van der Waals surface area contributed by atoms with Gasteiger partial charge in [0, 0.05) is 50.0 Å². The maximum atomic E-state index is 12.5. The second kappa shape index (κ2) is 6.77. The zero-order chi connectivity index (χ0) is 19.1. The van der Waals surface area contributed by atoms with Gasteiger partial charge in [0.15, 0.2) is 5.82 Å². The van der Waals surface area contributed by atoms with Crippen LogP contribution in [0.3, 0.4) is 0 Å². The Bertz CT molecular complexity index is 919. The standard InChI is InChI=1S/C19H23N5O3/c1-20-12-8-9-23(18(27)10-12)13-6-7-14-15(11-13)22(2)21-19(14)24-16(25)4-3-5-17(24)26/h6-7,11-12,20H,3-5,8-10H2,1-2H3. The SMILES string of the molecule is CNC1CCN(c2ccc3c(N4C(=O)CCCC4=O)nn(C)c3c2)C(=O)C1. The number of aromatic nitrogens is 2. The number of fused-ring (bicyclic) bond motifs is 1. The average Bonchev–Trinajstić information content (AvgIpc) is 2.97. The van der Waals surface area contributed by atoms with Crippen molar-refractivity contribution < 1.29 is 14.4 Å². The van der Waals surface area contributed by atoms with Gasteiger partial charge in [0.2, 0.25) is 17.7 Å². The largest absolute Gasteiger partial charge is 0.316 e. The number of nitrogens with zero attached hydrogens (tertiary/aromatic N) is 4. The lowest BCUT2D eigenvalue weighted by Crippen LogP contribution is -2.45. The van der Waals surface area contributed by atoms with Gasteiger partial charge in [0.25, 0.3) is 0 Å². The molecule has 0 spiro atoms. The first-order valence-electron chi connectivity index (χ1n) is 9.29. The Hall–Kier alpha value is -2.74. The van der Waals surface area contributed by atoms with Gasteiger partial charge in [-0.3, -0.25) is 19.1 Å². The number of benzene rings is 1. The summed E-state index contributed by atoms with van der Waals surface area (Å²) >= 11 is 0. The first-order chi connectivity index (χ1) is 13.0. The van der Waals surface area contributed by atoms with Crippen LogP contribution in [0.1, 0.15) is 32.1 Å². The van der Waals surface area contributed by atoms with E-state index in [2.05, 4.69) is 10.4 Å². The van der Waals surface area contributed by atoms with Crippen molar-refractivity contribution in [1.82, 2.24) is 15.1 Å². The van der Waals surface area contributed by atoms with Crippen molar-refractivity contribution in [3.8, 4) is 0 Å². The molecule has 1 aromatic carbocycles. The summed E-state index contributed by atoms with van der Waals surface area (Å²) in [5.41, 5.74) is 1.60. The third kappa shape index (κ3) is 2.99. The van der Waals surface area contributed by atoms with Crippen molar-refractivity contribution >= 4 is 40.1 Å². The predicted octanol–water partition coefficient (Wildman–Crippen LogP) is 1.33. The molecule has 142 valence electrons. The molecule has 1 N–H and O–H groups in total. The summed E-state index contributed by atoms with van der Waals surface area (Å²) in [7, 11) is 3.66. The first kappa shape index (κ1) is 17.7. The Balaban J connectivity index is 1.70. The molecule has 2 aromatic rings. The van der Waals surface area contributed by atoms with Crippen molar-refractivity contribution in [3.05, 3.63) is 18.2 Å². The number of rotatable bonds is 3. The highest BCUT2D eigenvalue weighted by atomic mass is 16.2. The lowest BCUT2D eigenvalue weighted by atomic mass is 10.0. The highest BCUT2D eigenvalue weighted by Crippen LogP contribution is 2.32. The van der Waals surface area contributed by atoms with E-state index in [0.29, 0.717) is 38.0 Å². The van der Waals surface area contributed by atoms with Crippen molar-refractivity contribution in [2.75, 3.05) is 23.4 Å². The number of aryl methyl sites for hydroxylation is 1. The van der Waals surface area contributed by atoms with E-state index in [1.807, 2.05) is 25.2 Å². The van der Waals surface area contributed by atoms with Gasteiger partial charge in [-0.05, 0) is 38.1 Å². The molecular weight excluding hydrogens is 346 g/mol. The maximum absolute atomic E-state index is 12.5. The van der Waals surface area contributed by atoms with Crippen LogP contribution in [0, 0.1) is 0 Å². The number of hydrogen-bond acceptors (Lipinski definition) is 5. The van der Waals surface area contributed by atoms with E-state index < -0.39 is 0 Å². The van der Waals surface area contributed by atoms with E-state index in [1.165, 1.54) is 4.90 Å². The summed E-state index contributed by atoms with van der Waals surface area (Å²) in [4.78, 5) is 40.0. The second-order valence-corrected chi connectivity index (χ2v) is 7.15. The van der Waals surface area contributed by atoms with Crippen molar-refractivity contribution in [3.63, 3.8) is 0 Å². The van der Waals surface area contributed by atoms with Gasteiger partial charge < -0.3 is 10.2 Å². The molecule has 2 fully saturated rings. The van der Waals surface area contributed by atoms with Crippen LogP contribution in [0.4, 0.5) is 11.5 Å². The van der Waals surface area contributed by atoms with Crippen LogP contribution in [0.15, 0.2) is 18.2 Å². The molecule has 8 heteroatoms. The van der Waals surface area contributed by atoms with Crippen LogP contribution in [-0.2, 0) is 21.4 Å². The van der Waals surface area contributed by atoms with Crippen LogP contribution >= 0.6 is 0 Å². The Morgan fingerprint density at radius 1 is 1.11 bits per heavy atom. The number of hydrogen-bond donors (Lipinski definition) is 1. The second-order valence-electron chi connectivity index (χ2n) is 7.15. The monoisotopic (exact) mass is 369 g/mol. The molecule has 2 aliphatic heterocycles. The fraction of sp³-hybridized carbons (Fsp3) is 0.474. The minimum Gasteiger partial charge on any atom is -0.316 e. The van der Waals surface area contributed by atoms with Gasteiger partial charge in [-0.15, -0.1) is 0 Å². The number of carbonyl (C=O) groups is 3. The summed E-state index contributed by atoms with van der Waals surface area (Å²) in [6, 6.07) is 5.84. The van der Waals surface area contributed by atoms with Gasteiger partial charge in [-0.2, -0.15) is 5.10 Å². The number of piperidine rings is 2. The molecule has 3 amide bonds. The third-order valence-corrected chi connectivity index (χ3v) is 5.45. The highest BCUT2D eigenvalue weighted by molar-refractivity contribution is 6.19. The molecule has 4 rings (SSSR count). The van der Waals surface area contributed by atoms with Gasteiger partial charge >= 0.3 is 0 Å². The molecule has 0 radical (unpaired) electrons. The summed E-state index contributed by atoms with van der Waals surface area (Å²) in [6.07, 6.45) is 2.68. The topological polar surface area (TPSA) is 87.5 Å². The van der Waals surface area contributed by atoms with E-state index in [1.54, 1.807) is 16.6 Å². The molecule has 0 bridgehead atoms. The third-order valence-electron chi connectivity index (χ3n) is 5.45. The van der Waals surface area contributed by atoms with Gasteiger partial charge in [-0.1, -0.05) is 0 Å². The van der Waals surface area contributed by atoms with Crippen LogP contribution in [0.25, 0.3) is 10.9 Å². The summed E-state index contributed by atoms with van der Waals surface area (Å²) in [5.74, 6) is 0.0528. The van der Waals surface area contributed by atoms with E-state index in [0.717, 1.165) is 23.0 Å². The quantitative estimate of drug-likeness (QED) is 0.825. The Kier molecular flexibility index (Phi) is 4.43. The molecule has 1 unspecified atom stereocenters. The molecule has 0 saturated carbocycles. The fourth-order valence-electron chi connectivity index (χ4n) is 3.90. The van der Waals surface area contributed by atoms with Gasteiger partial charge in [-0.25, -0.2) is 4.90 Å². The molecule has 1 aromatic heterocycles. The smallest absolute Gasteiger partial charge is 0.235 e. The number of carbonyl (C=O) groups excluding carboxylic acids is 3. The minimum absolute atomic E-state index is 0.0868. The number of nitrogens with one attached hydrogen (secondary N) is 1. The van der Waals surface area contributed by atoms with Crippen LogP contribution in [-0.4, -0.2) is 47.1 Å². The molecule has 2 aliphatic rings. The molecule has 1 atom stereocenters. The summed E-state index contributed by atoms with van der Waals surface area (Å²) in [6.45, 7) is 0.656. The Morgan fingerprint density at radius 2 is 1.85 bits per heavy atom. The maximum Gasteiger partial charge on any atom is 0.235 e. The predicted molar refractivity (Wildman–Crippen MR) is 101 cm³/mol. The van der Waals surface area contributed by atoms with Crippen LogP contribution in [0.2, 0.25) is 0 Å². The fourth-order valence-corrected chi connectivity index (χ4v) is 3.90. The molecule has 2 saturated heterocycles. The molecule has 8 nitrogen and oxygen atoms in total. The number of imide groups is 1. The average molecular weight is 369 g/mol. The van der Waals surface area contributed by atoms with Gasteiger partial charge in [0.05, 0.1) is 5.52 Å². The number of anilines is 2. The normalized spacial score (nSPS) is 21.4. The summed E-state index contributed by atoms with van der Waals surface area (Å²) < 4.78 is 1.66. The van der Waals surface area contributed by atoms with E-state index in [9.17, 15) is 14.4 Å². The number of amides is 3. The van der Waals surface area contributed by atoms with Crippen molar-refractivity contribution in [2.24, 2.45) is 7.05 Å². The minimum atomic E-state index is -0.209. The molecule has 0 aliphatic carbocycles. The van der Waals surface area contributed by atoms with Gasteiger partial charge in [0.1, 0.15) is 0 Å². The first-order valence-corrected chi connectivity index (χ1v) is 9.29. The summed E-state index contributed by atoms with van der Waals surface area (Å²) in [5, 5.41) is 8.33. The van der Waals surface area contributed by atoms with E-state index >= 15 is 0 Å². The van der Waals surface area contributed by atoms with Crippen molar-refractivity contribution in [1.29, 1.82) is 0 Å². The van der Waals surface area contributed by atoms with E-state index in [-0.39, 0.29) is 23.8 Å². The van der Waals surface area contributed by atoms with Crippen molar-refractivity contribution in [2.45, 2.75) is 38.1 Å². The zero-order valence-corrected chi connectivity index (χ0v) is 15.6. The molecule has 3 heterocycles.